The first kappa shape index (κ1) is 15.1. The third-order valence-corrected chi connectivity index (χ3v) is 5.27. The normalized spacial score (nSPS) is 28.6. The lowest BCUT2D eigenvalue weighted by molar-refractivity contribution is -0.143. The zero-order valence-electron chi connectivity index (χ0n) is 12.5. The van der Waals surface area contributed by atoms with Gasteiger partial charge in [-0.1, -0.05) is 13.3 Å². The predicted octanol–water partition coefficient (Wildman–Crippen LogP) is 2.46. The van der Waals surface area contributed by atoms with Crippen LogP contribution in [0.3, 0.4) is 0 Å². The van der Waals surface area contributed by atoms with Gasteiger partial charge < -0.3 is 15.3 Å². The van der Waals surface area contributed by atoms with Crippen molar-refractivity contribution in [3.8, 4) is 0 Å². The van der Waals surface area contributed by atoms with Crippen molar-refractivity contribution in [1.29, 1.82) is 0 Å². The van der Waals surface area contributed by atoms with Gasteiger partial charge in [0, 0.05) is 19.1 Å². The third kappa shape index (κ3) is 3.07. The van der Waals surface area contributed by atoms with E-state index in [0.717, 1.165) is 13.0 Å². The fraction of sp³-hybridized carbons (Fsp3) is 0.867. The summed E-state index contributed by atoms with van der Waals surface area (Å²) in [6.07, 6.45) is 5.92. The smallest absolute Gasteiger partial charge is 0.317 e. The molecule has 1 aliphatic carbocycles. The van der Waals surface area contributed by atoms with Crippen molar-refractivity contribution in [3.63, 3.8) is 0 Å². The van der Waals surface area contributed by atoms with Gasteiger partial charge in [0.05, 0.1) is 5.92 Å². The molecule has 20 heavy (non-hydrogen) atoms. The molecule has 0 bridgehead atoms. The van der Waals surface area contributed by atoms with Crippen LogP contribution in [0.4, 0.5) is 4.79 Å². The Hall–Kier alpha value is -1.26. The third-order valence-electron chi connectivity index (χ3n) is 5.27. The van der Waals surface area contributed by atoms with Crippen LogP contribution in [0.25, 0.3) is 0 Å². The number of amides is 2. The van der Waals surface area contributed by atoms with E-state index < -0.39 is 5.97 Å². The van der Waals surface area contributed by atoms with Gasteiger partial charge in [-0.25, -0.2) is 4.79 Å². The zero-order valence-corrected chi connectivity index (χ0v) is 12.5. The Morgan fingerprint density at radius 3 is 2.55 bits per heavy atom. The van der Waals surface area contributed by atoms with Crippen LogP contribution in [-0.2, 0) is 4.79 Å². The molecule has 0 spiro atoms. The summed E-state index contributed by atoms with van der Waals surface area (Å²) in [6.45, 7) is 5.43. The van der Waals surface area contributed by atoms with Crippen molar-refractivity contribution in [3.05, 3.63) is 0 Å². The van der Waals surface area contributed by atoms with E-state index in [1.54, 1.807) is 4.90 Å². The highest BCUT2D eigenvalue weighted by Gasteiger charge is 2.37. The highest BCUT2D eigenvalue weighted by Crippen LogP contribution is 2.43. The zero-order chi connectivity index (χ0) is 14.8. The summed E-state index contributed by atoms with van der Waals surface area (Å²) in [4.78, 5) is 25.0. The molecule has 2 N–H and O–H groups in total. The summed E-state index contributed by atoms with van der Waals surface area (Å²) in [5.74, 6) is -1.04. The summed E-state index contributed by atoms with van der Waals surface area (Å²) in [6, 6.07) is -0.0233. The molecule has 1 aliphatic heterocycles. The molecule has 0 aromatic carbocycles. The molecule has 1 saturated heterocycles. The number of hydrogen-bond donors (Lipinski definition) is 2. The van der Waals surface area contributed by atoms with Crippen molar-refractivity contribution in [1.82, 2.24) is 10.2 Å². The second-order valence-corrected chi connectivity index (χ2v) is 6.47. The number of likely N-dealkylation sites (tertiary alicyclic amines) is 1. The monoisotopic (exact) mass is 282 g/mol. The van der Waals surface area contributed by atoms with Crippen LogP contribution >= 0.6 is 0 Å². The van der Waals surface area contributed by atoms with E-state index in [1.807, 2.05) is 6.92 Å². The minimum atomic E-state index is -0.740. The number of carbonyl (C=O) groups excluding carboxylic acids is 1. The van der Waals surface area contributed by atoms with Gasteiger partial charge in [0.1, 0.15) is 0 Å². The Balaban J connectivity index is 1.82. The molecule has 1 saturated carbocycles. The second-order valence-electron chi connectivity index (χ2n) is 6.47. The van der Waals surface area contributed by atoms with Crippen molar-refractivity contribution in [2.24, 2.45) is 11.3 Å². The first-order chi connectivity index (χ1) is 9.47. The molecule has 2 unspecified atom stereocenters. The molecule has 0 aromatic heterocycles. The van der Waals surface area contributed by atoms with Crippen LogP contribution in [0.15, 0.2) is 0 Å². The second kappa shape index (κ2) is 6.02. The van der Waals surface area contributed by atoms with Crippen LogP contribution < -0.4 is 5.32 Å². The summed E-state index contributed by atoms with van der Waals surface area (Å²) in [5, 5.41) is 12.1. The fourth-order valence-electron chi connectivity index (χ4n) is 3.39. The number of aliphatic carboxylic acids is 1. The van der Waals surface area contributed by atoms with Crippen LogP contribution in [0.2, 0.25) is 0 Å². The molecule has 5 nitrogen and oxygen atoms in total. The van der Waals surface area contributed by atoms with E-state index >= 15 is 0 Å². The van der Waals surface area contributed by atoms with E-state index in [2.05, 4.69) is 12.2 Å². The van der Waals surface area contributed by atoms with E-state index in [1.165, 1.54) is 19.3 Å². The molecule has 114 valence electrons. The Labute approximate surface area is 120 Å². The van der Waals surface area contributed by atoms with E-state index in [0.29, 0.717) is 24.8 Å². The molecule has 1 heterocycles. The fourth-order valence-corrected chi connectivity index (χ4v) is 3.39. The van der Waals surface area contributed by atoms with Crippen molar-refractivity contribution >= 4 is 12.0 Å². The van der Waals surface area contributed by atoms with Crippen molar-refractivity contribution < 1.29 is 14.7 Å². The maximum atomic E-state index is 12.3. The standard InChI is InChI=1S/C15H26N2O3/c1-3-15(6-4-7-15)10-16-14(20)17-8-5-12(13(18)19)9-11(17)2/h11-12H,3-10H2,1-2H3,(H,16,20)(H,18,19). The molecule has 2 aliphatic rings. The molecule has 5 heteroatoms. The van der Waals surface area contributed by atoms with Crippen molar-refractivity contribution in [2.75, 3.05) is 13.1 Å². The number of nitrogens with zero attached hydrogens (tertiary/aromatic N) is 1. The van der Waals surface area contributed by atoms with Gasteiger partial charge in [0.25, 0.3) is 0 Å². The van der Waals surface area contributed by atoms with Gasteiger partial charge in [0.15, 0.2) is 0 Å². The maximum absolute atomic E-state index is 12.3. The Morgan fingerprint density at radius 2 is 2.10 bits per heavy atom. The number of hydrogen-bond acceptors (Lipinski definition) is 2. The summed E-state index contributed by atoms with van der Waals surface area (Å²) in [7, 11) is 0. The van der Waals surface area contributed by atoms with Crippen molar-refractivity contribution in [2.45, 2.75) is 58.4 Å². The average molecular weight is 282 g/mol. The predicted molar refractivity (Wildman–Crippen MR) is 76.5 cm³/mol. The average Bonchev–Trinajstić information content (AvgIpc) is 2.37. The van der Waals surface area contributed by atoms with Crippen LogP contribution in [0.1, 0.15) is 52.4 Å². The van der Waals surface area contributed by atoms with Gasteiger partial charge >= 0.3 is 12.0 Å². The molecule has 0 radical (unpaired) electrons. The van der Waals surface area contributed by atoms with Gasteiger partial charge in [-0.2, -0.15) is 0 Å². The SMILES string of the molecule is CCC1(CNC(=O)N2CCC(C(=O)O)CC2C)CCC1. The van der Waals surface area contributed by atoms with Gasteiger partial charge in [-0.05, 0) is 44.4 Å². The quantitative estimate of drug-likeness (QED) is 0.832. The van der Waals surface area contributed by atoms with E-state index in [4.69, 9.17) is 5.11 Å². The van der Waals surface area contributed by atoms with Crippen LogP contribution in [-0.4, -0.2) is 41.1 Å². The molecule has 2 rings (SSSR count). The number of carboxylic acid groups (broad SMARTS) is 1. The summed E-state index contributed by atoms with van der Waals surface area (Å²) >= 11 is 0. The highest BCUT2D eigenvalue weighted by molar-refractivity contribution is 5.75. The number of piperidine rings is 1. The minimum absolute atomic E-state index is 0.00353. The Bertz CT molecular complexity index is 374. The lowest BCUT2D eigenvalue weighted by Crippen LogP contribution is -2.52. The lowest BCUT2D eigenvalue weighted by atomic mass is 9.67. The Kier molecular flexibility index (Phi) is 4.55. The highest BCUT2D eigenvalue weighted by atomic mass is 16.4. The first-order valence-electron chi connectivity index (χ1n) is 7.75. The number of carbonyl (C=O) groups is 2. The topological polar surface area (TPSA) is 69.6 Å². The van der Waals surface area contributed by atoms with E-state index in [-0.39, 0.29) is 18.0 Å². The number of urea groups is 1. The molecule has 2 fully saturated rings. The number of nitrogens with one attached hydrogen (secondary N) is 1. The van der Waals surface area contributed by atoms with Crippen LogP contribution in [0, 0.1) is 11.3 Å². The molecular formula is C15H26N2O3. The molecule has 2 amide bonds. The largest absolute Gasteiger partial charge is 0.481 e. The summed E-state index contributed by atoms with van der Waals surface area (Å²) in [5.41, 5.74) is 0.318. The minimum Gasteiger partial charge on any atom is -0.481 e. The molecule has 2 atom stereocenters. The maximum Gasteiger partial charge on any atom is 0.317 e. The molecular weight excluding hydrogens is 256 g/mol. The lowest BCUT2D eigenvalue weighted by Gasteiger charge is -2.42. The van der Waals surface area contributed by atoms with Gasteiger partial charge in [0.2, 0.25) is 0 Å². The Morgan fingerprint density at radius 1 is 1.40 bits per heavy atom. The van der Waals surface area contributed by atoms with Gasteiger partial charge in [-0.15, -0.1) is 0 Å². The summed E-state index contributed by atoms with van der Waals surface area (Å²) < 4.78 is 0. The first-order valence-corrected chi connectivity index (χ1v) is 7.75. The van der Waals surface area contributed by atoms with E-state index in [9.17, 15) is 9.59 Å². The molecule has 0 aromatic rings. The number of carboxylic acids is 1. The van der Waals surface area contributed by atoms with Gasteiger partial charge in [-0.3, -0.25) is 4.79 Å². The van der Waals surface area contributed by atoms with Crippen LogP contribution in [0.5, 0.6) is 0 Å². The number of rotatable bonds is 4.